The van der Waals surface area contributed by atoms with Crippen molar-refractivity contribution in [1.82, 2.24) is 5.32 Å². The van der Waals surface area contributed by atoms with Gasteiger partial charge in [0.25, 0.3) is 0 Å². The molecule has 72 valence electrons. The maximum atomic E-state index is 5.07. The SMILES string of the molecule is COCCC(C)(C)CNC1CC1. The first-order chi connectivity index (χ1) is 5.64. The fourth-order valence-corrected chi connectivity index (χ4v) is 1.17. The van der Waals surface area contributed by atoms with Gasteiger partial charge in [0.1, 0.15) is 0 Å². The van der Waals surface area contributed by atoms with Crippen LogP contribution in [0.2, 0.25) is 0 Å². The molecule has 1 rings (SSSR count). The van der Waals surface area contributed by atoms with Gasteiger partial charge in [-0.3, -0.25) is 0 Å². The summed E-state index contributed by atoms with van der Waals surface area (Å²) in [5.41, 5.74) is 0.388. The molecule has 0 saturated heterocycles. The van der Waals surface area contributed by atoms with E-state index in [9.17, 15) is 0 Å². The Balaban J connectivity index is 2.07. The van der Waals surface area contributed by atoms with E-state index in [1.807, 2.05) is 0 Å². The number of methoxy groups -OCH3 is 1. The van der Waals surface area contributed by atoms with Gasteiger partial charge in [0.2, 0.25) is 0 Å². The highest BCUT2D eigenvalue weighted by Crippen LogP contribution is 2.23. The summed E-state index contributed by atoms with van der Waals surface area (Å²) in [6.07, 6.45) is 3.89. The van der Waals surface area contributed by atoms with E-state index in [1.54, 1.807) is 7.11 Å². The lowest BCUT2D eigenvalue weighted by Gasteiger charge is -2.24. The number of hydrogen-bond acceptors (Lipinski definition) is 2. The van der Waals surface area contributed by atoms with Crippen LogP contribution in [0.25, 0.3) is 0 Å². The van der Waals surface area contributed by atoms with Gasteiger partial charge in [-0.1, -0.05) is 13.8 Å². The van der Waals surface area contributed by atoms with E-state index in [2.05, 4.69) is 19.2 Å². The molecule has 2 heteroatoms. The Morgan fingerprint density at radius 2 is 2.08 bits per heavy atom. The smallest absolute Gasteiger partial charge is 0.0467 e. The van der Waals surface area contributed by atoms with Gasteiger partial charge in [-0.2, -0.15) is 0 Å². The molecule has 0 heterocycles. The van der Waals surface area contributed by atoms with E-state index in [0.717, 1.165) is 25.6 Å². The molecule has 0 unspecified atom stereocenters. The zero-order valence-corrected chi connectivity index (χ0v) is 8.52. The molecule has 1 aliphatic rings. The molecule has 2 nitrogen and oxygen atoms in total. The van der Waals surface area contributed by atoms with Gasteiger partial charge in [0.05, 0.1) is 0 Å². The third kappa shape index (κ3) is 4.07. The lowest BCUT2D eigenvalue weighted by Crippen LogP contribution is -2.31. The van der Waals surface area contributed by atoms with Gasteiger partial charge in [0.15, 0.2) is 0 Å². The summed E-state index contributed by atoms with van der Waals surface area (Å²) in [5.74, 6) is 0. The van der Waals surface area contributed by atoms with Crippen molar-refractivity contribution in [2.75, 3.05) is 20.3 Å². The molecule has 0 spiro atoms. The summed E-state index contributed by atoms with van der Waals surface area (Å²) in [6.45, 7) is 6.59. The number of ether oxygens (including phenoxy) is 1. The molecular weight excluding hydrogens is 150 g/mol. The molecule has 0 atom stereocenters. The van der Waals surface area contributed by atoms with E-state index in [1.165, 1.54) is 12.8 Å². The number of nitrogens with one attached hydrogen (secondary N) is 1. The maximum Gasteiger partial charge on any atom is 0.0467 e. The molecular formula is C10H21NO. The zero-order valence-electron chi connectivity index (χ0n) is 8.52. The summed E-state index contributed by atoms with van der Waals surface area (Å²) in [6, 6.07) is 0.826. The molecule has 0 aromatic carbocycles. The lowest BCUT2D eigenvalue weighted by molar-refractivity contribution is 0.150. The van der Waals surface area contributed by atoms with Crippen molar-refractivity contribution in [1.29, 1.82) is 0 Å². The molecule has 0 bridgehead atoms. The van der Waals surface area contributed by atoms with Crippen molar-refractivity contribution in [3.8, 4) is 0 Å². The molecule has 12 heavy (non-hydrogen) atoms. The molecule has 0 amide bonds. The second kappa shape index (κ2) is 4.24. The van der Waals surface area contributed by atoms with Crippen molar-refractivity contribution in [3.63, 3.8) is 0 Å². The minimum absolute atomic E-state index is 0.388. The number of hydrogen-bond donors (Lipinski definition) is 1. The van der Waals surface area contributed by atoms with Crippen LogP contribution in [0.5, 0.6) is 0 Å². The van der Waals surface area contributed by atoms with Gasteiger partial charge in [-0.25, -0.2) is 0 Å². The Labute approximate surface area is 75.7 Å². The Morgan fingerprint density at radius 1 is 1.42 bits per heavy atom. The largest absolute Gasteiger partial charge is 0.385 e. The predicted molar refractivity (Wildman–Crippen MR) is 51.3 cm³/mol. The highest BCUT2D eigenvalue weighted by Gasteiger charge is 2.24. The maximum absolute atomic E-state index is 5.07. The molecule has 1 aliphatic carbocycles. The third-order valence-electron chi connectivity index (χ3n) is 2.43. The summed E-state index contributed by atoms with van der Waals surface area (Å²) < 4.78 is 5.07. The normalized spacial score (nSPS) is 18.2. The first-order valence-electron chi connectivity index (χ1n) is 4.86. The monoisotopic (exact) mass is 171 g/mol. The van der Waals surface area contributed by atoms with Crippen LogP contribution in [0.3, 0.4) is 0 Å². The van der Waals surface area contributed by atoms with Crippen molar-refractivity contribution in [3.05, 3.63) is 0 Å². The van der Waals surface area contributed by atoms with Gasteiger partial charge >= 0.3 is 0 Å². The van der Waals surface area contributed by atoms with Gasteiger partial charge in [0, 0.05) is 26.3 Å². The van der Waals surface area contributed by atoms with E-state index >= 15 is 0 Å². The molecule has 0 radical (unpaired) electrons. The predicted octanol–water partition coefficient (Wildman–Crippen LogP) is 1.80. The van der Waals surface area contributed by atoms with Gasteiger partial charge < -0.3 is 10.1 Å². The van der Waals surface area contributed by atoms with E-state index < -0.39 is 0 Å². The van der Waals surface area contributed by atoms with Gasteiger partial charge in [-0.15, -0.1) is 0 Å². The highest BCUT2D eigenvalue weighted by molar-refractivity contribution is 4.83. The first kappa shape index (κ1) is 10.0. The second-order valence-corrected chi connectivity index (χ2v) is 4.56. The van der Waals surface area contributed by atoms with Crippen molar-refractivity contribution in [2.24, 2.45) is 5.41 Å². The van der Waals surface area contributed by atoms with Crippen LogP contribution in [-0.4, -0.2) is 26.3 Å². The quantitative estimate of drug-likeness (QED) is 0.658. The van der Waals surface area contributed by atoms with Crippen LogP contribution in [0.1, 0.15) is 33.1 Å². The van der Waals surface area contributed by atoms with Crippen molar-refractivity contribution >= 4 is 0 Å². The van der Waals surface area contributed by atoms with E-state index in [0.29, 0.717) is 5.41 Å². The summed E-state index contributed by atoms with van der Waals surface area (Å²) >= 11 is 0. The van der Waals surface area contributed by atoms with Gasteiger partial charge in [-0.05, 0) is 24.7 Å². The average Bonchev–Trinajstić information content (AvgIpc) is 2.81. The molecule has 0 aromatic heterocycles. The van der Waals surface area contributed by atoms with Crippen LogP contribution < -0.4 is 5.32 Å². The minimum atomic E-state index is 0.388. The fourth-order valence-electron chi connectivity index (χ4n) is 1.17. The number of rotatable bonds is 6. The van der Waals surface area contributed by atoms with Crippen molar-refractivity contribution in [2.45, 2.75) is 39.2 Å². The van der Waals surface area contributed by atoms with Crippen LogP contribution in [-0.2, 0) is 4.74 Å². The Kier molecular flexibility index (Phi) is 3.53. The summed E-state index contributed by atoms with van der Waals surface area (Å²) in [5, 5.41) is 3.55. The highest BCUT2D eigenvalue weighted by atomic mass is 16.5. The van der Waals surface area contributed by atoms with Crippen LogP contribution in [0, 0.1) is 5.41 Å². The second-order valence-electron chi connectivity index (χ2n) is 4.56. The zero-order chi connectivity index (χ0) is 9.03. The van der Waals surface area contributed by atoms with Crippen LogP contribution in [0.4, 0.5) is 0 Å². The first-order valence-corrected chi connectivity index (χ1v) is 4.86. The molecule has 0 aliphatic heterocycles. The molecule has 1 saturated carbocycles. The standard InChI is InChI=1S/C10H21NO/c1-10(2,6-7-12-3)8-11-9-4-5-9/h9,11H,4-8H2,1-3H3. The molecule has 1 fully saturated rings. The Morgan fingerprint density at radius 3 is 2.58 bits per heavy atom. The van der Waals surface area contributed by atoms with Crippen molar-refractivity contribution < 1.29 is 4.74 Å². The van der Waals surface area contributed by atoms with E-state index in [-0.39, 0.29) is 0 Å². The minimum Gasteiger partial charge on any atom is -0.385 e. The average molecular weight is 171 g/mol. The van der Waals surface area contributed by atoms with Crippen LogP contribution >= 0.6 is 0 Å². The summed E-state index contributed by atoms with van der Waals surface area (Å²) in [4.78, 5) is 0. The lowest BCUT2D eigenvalue weighted by atomic mass is 9.90. The Bertz CT molecular complexity index is 130. The fraction of sp³-hybridized carbons (Fsp3) is 1.00. The van der Waals surface area contributed by atoms with Crippen LogP contribution in [0.15, 0.2) is 0 Å². The summed E-state index contributed by atoms with van der Waals surface area (Å²) in [7, 11) is 1.77. The topological polar surface area (TPSA) is 21.3 Å². The third-order valence-corrected chi connectivity index (χ3v) is 2.43. The molecule has 1 N–H and O–H groups in total. The molecule has 0 aromatic rings. The Hall–Kier alpha value is -0.0800. The van der Waals surface area contributed by atoms with E-state index in [4.69, 9.17) is 4.74 Å².